The van der Waals surface area contributed by atoms with Crippen molar-refractivity contribution in [3.05, 3.63) is 22.1 Å². The summed E-state index contributed by atoms with van der Waals surface area (Å²) in [5.41, 5.74) is 5.73. The van der Waals surface area contributed by atoms with E-state index < -0.39 is 0 Å². The third-order valence-corrected chi connectivity index (χ3v) is 1.73. The lowest BCUT2D eigenvalue weighted by Gasteiger charge is -2.09. The Bertz CT molecular complexity index is 414. The van der Waals surface area contributed by atoms with Crippen LogP contribution in [0.1, 0.15) is 5.69 Å². The zero-order chi connectivity index (χ0) is 10.7. The molecule has 1 aromatic heterocycles. The number of rotatable bonds is 3. The van der Waals surface area contributed by atoms with Crippen LogP contribution in [0.5, 0.6) is 6.01 Å². The number of nitrogens with zero attached hydrogens (tertiary/aromatic N) is 2. The molecule has 76 valence electrons. The molecule has 5 nitrogen and oxygen atoms in total. The highest BCUT2D eigenvalue weighted by Crippen LogP contribution is 2.03. The average molecular weight is 213 g/mol. The highest BCUT2D eigenvalue weighted by atomic mass is 32.1. The number of aryl methyl sites for hydroxylation is 1. The number of nitrogens with two attached hydrogens (primary N) is 1. The van der Waals surface area contributed by atoms with Gasteiger partial charge in [-0.1, -0.05) is 12.2 Å². The van der Waals surface area contributed by atoms with E-state index in [1.165, 1.54) is 17.7 Å². The zero-order valence-electron chi connectivity index (χ0n) is 7.98. The Balaban J connectivity index is 3.25. The van der Waals surface area contributed by atoms with Gasteiger partial charge in [0.05, 0.1) is 18.6 Å². The zero-order valence-corrected chi connectivity index (χ0v) is 8.80. The monoisotopic (exact) mass is 213 g/mol. The van der Waals surface area contributed by atoms with E-state index in [0.29, 0.717) is 5.69 Å². The number of ether oxygens (including phenoxy) is 1. The van der Waals surface area contributed by atoms with E-state index in [-0.39, 0.29) is 23.1 Å². The molecule has 0 atom stereocenters. The van der Waals surface area contributed by atoms with Gasteiger partial charge in [0.15, 0.2) is 0 Å². The molecule has 0 aliphatic carbocycles. The Hall–Kier alpha value is -1.43. The summed E-state index contributed by atoms with van der Waals surface area (Å²) in [4.78, 5) is 15.7. The van der Waals surface area contributed by atoms with Crippen LogP contribution in [0.2, 0.25) is 0 Å². The van der Waals surface area contributed by atoms with E-state index in [1.807, 2.05) is 0 Å². The van der Waals surface area contributed by atoms with Gasteiger partial charge in [-0.3, -0.25) is 9.36 Å². The molecule has 14 heavy (non-hydrogen) atoms. The van der Waals surface area contributed by atoms with Crippen molar-refractivity contribution < 1.29 is 4.74 Å². The van der Waals surface area contributed by atoms with E-state index >= 15 is 0 Å². The maximum atomic E-state index is 11.5. The number of aromatic nitrogens is 2. The summed E-state index contributed by atoms with van der Waals surface area (Å²) >= 11 is 4.71. The van der Waals surface area contributed by atoms with Gasteiger partial charge in [0.2, 0.25) is 0 Å². The fraction of sp³-hybridized carbons (Fsp3) is 0.375. The highest BCUT2D eigenvalue weighted by molar-refractivity contribution is 7.80. The second kappa shape index (κ2) is 4.19. The normalized spacial score (nSPS) is 9.86. The molecular formula is C8H11N3O2S. The number of hydrogen-bond donors (Lipinski definition) is 1. The van der Waals surface area contributed by atoms with Crippen molar-refractivity contribution in [2.75, 3.05) is 7.11 Å². The fourth-order valence-electron chi connectivity index (χ4n) is 1.05. The Morgan fingerprint density at radius 1 is 1.79 bits per heavy atom. The molecule has 0 fully saturated rings. The summed E-state index contributed by atoms with van der Waals surface area (Å²) in [7, 11) is 1.44. The lowest BCUT2D eigenvalue weighted by molar-refractivity contribution is 0.352. The van der Waals surface area contributed by atoms with Crippen LogP contribution < -0.4 is 16.0 Å². The van der Waals surface area contributed by atoms with E-state index in [4.69, 9.17) is 22.7 Å². The van der Waals surface area contributed by atoms with E-state index in [2.05, 4.69) is 4.98 Å². The Morgan fingerprint density at radius 2 is 2.43 bits per heavy atom. The molecule has 6 heteroatoms. The van der Waals surface area contributed by atoms with Gasteiger partial charge in [-0.2, -0.15) is 0 Å². The van der Waals surface area contributed by atoms with Crippen molar-refractivity contribution in [1.82, 2.24) is 9.55 Å². The summed E-state index contributed by atoms with van der Waals surface area (Å²) in [6.07, 6.45) is 0. The van der Waals surface area contributed by atoms with Crippen LogP contribution >= 0.6 is 12.2 Å². The number of hydrogen-bond acceptors (Lipinski definition) is 4. The molecule has 0 spiro atoms. The van der Waals surface area contributed by atoms with Crippen LogP contribution in [-0.4, -0.2) is 21.6 Å². The number of methoxy groups -OCH3 is 1. The minimum atomic E-state index is -0.220. The molecule has 0 aliphatic heterocycles. The summed E-state index contributed by atoms with van der Waals surface area (Å²) in [5.74, 6) is 0. The Morgan fingerprint density at radius 3 is 2.93 bits per heavy atom. The van der Waals surface area contributed by atoms with Crippen LogP contribution in [-0.2, 0) is 6.54 Å². The van der Waals surface area contributed by atoms with Gasteiger partial charge in [-0.25, -0.2) is 4.98 Å². The van der Waals surface area contributed by atoms with Crippen molar-refractivity contribution in [3.8, 4) is 6.01 Å². The summed E-state index contributed by atoms with van der Waals surface area (Å²) in [5, 5.41) is 0. The molecule has 0 aliphatic rings. The van der Waals surface area contributed by atoms with Crippen molar-refractivity contribution in [1.29, 1.82) is 0 Å². The second-order valence-electron chi connectivity index (χ2n) is 2.77. The largest absolute Gasteiger partial charge is 0.468 e. The SMILES string of the molecule is COc1nc(C)cc(=O)n1CC(N)=S. The maximum Gasteiger partial charge on any atom is 0.299 e. The van der Waals surface area contributed by atoms with Gasteiger partial charge >= 0.3 is 0 Å². The molecule has 0 radical (unpaired) electrons. The van der Waals surface area contributed by atoms with E-state index in [0.717, 1.165) is 0 Å². The van der Waals surface area contributed by atoms with Gasteiger partial charge in [-0.15, -0.1) is 0 Å². The first-order valence-electron chi connectivity index (χ1n) is 3.95. The highest BCUT2D eigenvalue weighted by Gasteiger charge is 2.07. The van der Waals surface area contributed by atoms with Crippen molar-refractivity contribution in [2.24, 2.45) is 5.73 Å². The Labute approximate surface area is 86.5 Å². The first-order valence-corrected chi connectivity index (χ1v) is 4.36. The molecule has 0 aromatic carbocycles. The molecule has 0 saturated carbocycles. The second-order valence-corrected chi connectivity index (χ2v) is 3.30. The lowest BCUT2D eigenvalue weighted by Crippen LogP contribution is -2.28. The van der Waals surface area contributed by atoms with Crippen molar-refractivity contribution in [3.63, 3.8) is 0 Å². The summed E-state index contributed by atoms with van der Waals surface area (Å²) in [6.45, 7) is 1.86. The van der Waals surface area contributed by atoms with E-state index in [9.17, 15) is 4.79 Å². The predicted molar refractivity (Wildman–Crippen MR) is 56.6 cm³/mol. The summed E-state index contributed by atoms with van der Waals surface area (Å²) in [6, 6.07) is 1.63. The molecule has 1 heterocycles. The quantitative estimate of drug-likeness (QED) is 0.707. The van der Waals surface area contributed by atoms with Gasteiger partial charge in [0.25, 0.3) is 11.6 Å². The molecule has 1 aromatic rings. The molecule has 0 bridgehead atoms. The van der Waals surface area contributed by atoms with Crippen LogP contribution in [0.4, 0.5) is 0 Å². The minimum Gasteiger partial charge on any atom is -0.468 e. The van der Waals surface area contributed by atoms with Gasteiger partial charge in [-0.05, 0) is 6.92 Å². The molecule has 2 N–H and O–H groups in total. The molecule has 1 rings (SSSR count). The van der Waals surface area contributed by atoms with Gasteiger partial charge < -0.3 is 10.5 Å². The topological polar surface area (TPSA) is 70.1 Å². The standard InChI is InChI=1S/C8H11N3O2S/c1-5-3-7(12)11(4-6(9)14)8(10-5)13-2/h3H,4H2,1-2H3,(H2,9,14). The molecule has 0 amide bonds. The van der Waals surface area contributed by atoms with Crippen LogP contribution in [0.15, 0.2) is 10.9 Å². The van der Waals surface area contributed by atoms with E-state index in [1.54, 1.807) is 6.92 Å². The molecule has 0 unspecified atom stereocenters. The van der Waals surface area contributed by atoms with Crippen LogP contribution in [0, 0.1) is 6.92 Å². The molecular weight excluding hydrogens is 202 g/mol. The first kappa shape index (κ1) is 10.6. The van der Waals surface area contributed by atoms with Crippen LogP contribution in [0.25, 0.3) is 0 Å². The van der Waals surface area contributed by atoms with Gasteiger partial charge in [0.1, 0.15) is 0 Å². The van der Waals surface area contributed by atoms with Crippen LogP contribution in [0.3, 0.4) is 0 Å². The minimum absolute atomic E-state index is 0.143. The van der Waals surface area contributed by atoms with Gasteiger partial charge in [0, 0.05) is 11.8 Å². The first-order chi connectivity index (χ1) is 6.54. The van der Waals surface area contributed by atoms with Crippen molar-refractivity contribution in [2.45, 2.75) is 13.5 Å². The third-order valence-electron chi connectivity index (χ3n) is 1.60. The third kappa shape index (κ3) is 2.29. The van der Waals surface area contributed by atoms with Crippen molar-refractivity contribution >= 4 is 17.2 Å². The summed E-state index contributed by atoms with van der Waals surface area (Å²) < 4.78 is 6.23. The smallest absolute Gasteiger partial charge is 0.299 e. The molecule has 0 saturated heterocycles. The fourth-order valence-corrected chi connectivity index (χ4v) is 1.18. The lowest BCUT2D eigenvalue weighted by atomic mass is 10.4. The maximum absolute atomic E-state index is 11.5. The number of thiocarbonyl (C=S) groups is 1. The Kier molecular flexibility index (Phi) is 3.19. The predicted octanol–water partition coefficient (Wildman–Crippen LogP) is -0.154. The average Bonchev–Trinajstić information content (AvgIpc) is 2.08.